The second-order valence-electron chi connectivity index (χ2n) is 6.06. The van der Waals surface area contributed by atoms with E-state index in [-0.39, 0.29) is 12.1 Å². The SMILES string of the molecule is CCOC(=O)NC1CCCN(Cc2csc(-c3ccccc3Cl)n2)C1. The third kappa shape index (κ3) is 4.93. The van der Waals surface area contributed by atoms with Crippen molar-refractivity contribution in [1.82, 2.24) is 15.2 Å². The van der Waals surface area contributed by atoms with E-state index < -0.39 is 0 Å². The molecule has 1 atom stereocenters. The molecule has 1 aliphatic rings. The number of likely N-dealkylation sites (tertiary alicyclic amines) is 1. The number of aromatic nitrogens is 1. The summed E-state index contributed by atoms with van der Waals surface area (Å²) in [5.41, 5.74) is 2.01. The maximum Gasteiger partial charge on any atom is 0.407 e. The van der Waals surface area contributed by atoms with Gasteiger partial charge < -0.3 is 10.1 Å². The third-order valence-electron chi connectivity index (χ3n) is 4.14. The molecule has 2 heterocycles. The smallest absolute Gasteiger partial charge is 0.407 e. The Bertz CT molecular complexity index is 722. The molecule has 0 bridgehead atoms. The van der Waals surface area contributed by atoms with Crippen molar-refractivity contribution in [3.63, 3.8) is 0 Å². The molecule has 1 unspecified atom stereocenters. The molecule has 1 aliphatic heterocycles. The molecule has 0 aliphatic carbocycles. The first-order valence-electron chi connectivity index (χ1n) is 8.50. The highest BCUT2D eigenvalue weighted by Crippen LogP contribution is 2.30. The van der Waals surface area contributed by atoms with Gasteiger partial charge >= 0.3 is 6.09 Å². The highest BCUT2D eigenvalue weighted by molar-refractivity contribution is 7.13. The molecule has 7 heteroatoms. The molecule has 134 valence electrons. The van der Waals surface area contributed by atoms with E-state index in [1.54, 1.807) is 11.3 Å². The first kappa shape index (κ1) is 18.2. The van der Waals surface area contributed by atoms with Gasteiger partial charge in [-0.2, -0.15) is 0 Å². The maximum absolute atomic E-state index is 11.6. The minimum atomic E-state index is -0.330. The molecule has 0 radical (unpaired) electrons. The van der Waals surface area contributed by atoms with Gasteiger partial charge in [-0.25, -0.2) is 9.78 Å². The summed E-state index contributed by atoms with van der Waals surface area (Å²) in [7, 11) is 0. The van der Waals surface area contributed by atoms with Gasteiger partial charge in [0.15, 0.2) is 0 Å². The number of thiazole rings is 1. The first-order chi connectivity index (χ1) is 12.2. The van der Waals surface area contributed by atoms with Gasteiger partial charge in [-0.1, -0.05) is 29.8 Å². The number of hydrogen-bond donors (Lipinski definition) is 1. The van der Waals surface area contributed by atoms with E-state index >= 15 is 0 Å². The normalized spacial score (nSPS) is 18.1. The van der Waals surface area contributed by atoms with Crippen LogP contribution in [0.1, 0.15) is 25.5 Å². The van der Waals surface area contributed by atoms with Gasteiger partial charge in [-0.3, -0.25) is 4.90 Å². The van der Waals surface area contributed by atoms with Crippen LogP contribution in [0.2, 0.25) is 5.02 Å². The summed E-state index contributed by atoms with van der Waals surface area (Å²) < 4.78 is 4.97. The summed E-state index contributed by atoms with van der Waals surface area (Å²) >= 11 is 7.87. The Morgan fingerprint density at radius 1 is 1.48 bits per heavy atom. The lowest BCUT2D eigenvalue weighted by Gasteiger charge is -2.32. The molecule has 0 spiro atoms. The van der Waals surface area contributed by atoms with Crippen molar-refractivity contribution in [1.29, 1.82) is 0 Å². The van der Waals surface area contributed by atoms with Gasteiger partial charge in [-0.05, 0) is 32.4 Å². The quantitative estimate of drug-likeness (QED) is 0.846. The Balaban J connectivity index is 1.59. The van der Waals surface area contributed by atoms with Gasteiger partial charge in [0.2, 0.25) is 0 Å². The van der Waals surface area contributed by atoms with Crippen molar-refractivity contribution in [2.75, 3.05) is 19.7 Å². The number of hydrogen-bond acceptors (Lipinski definition) is 5. The summed E-state index contributed by atoms with van der Waals surface area (Å²) in [4.78, 5) is 18.6. The summed E-state index contributed by atoms with van der Waals surface area (Å²) in [6.45, 7) is 4.82. The molecule has 3 rings (SSSR count). The molecule has 1 saturated heterocycles. The predicted molar refractivity (Wildman–Crippen MR) is 101 cm³/mol. The number of alkyl carbamates (subject to hydrolysis) is 1. The number of piperidine rings is 1. The van der Waals surface area contributed by atoms with Crippen molar-refractivity contribution in [3.05, 3.63) is 40.4 Å². The largest absolute Gasteiger partial charge is 0.450 e. The van der Waals surface area contributed by atoms with Crippen LogP contribution in [0.25, 0.3) is 10.6 Å². The molecule has 1 amide bonds. The lowest BCUT2D eigenvalue weighted by molar-refractivity contribution is 0.132. The van der Waals surface area contributed by atoms with Crippen molar-refractivity contribution < 1.29 is 9.53 Å². The van der Waals surface area contributed by atoms with Crippen molar-refractivity contribution >= 4 is 29.0 Å². The number of nitrogens with zero attached hydrogens (tertiary/aromatic N) is 2. The van der Waals surface area contributed by atoms with Gasteiger partial charge in [0.1, 0.15) is 5.01 Å². The fourth-order valence-corrected chi connectivity index (χ4v) is 4.15. The standard InChI is InChI=1S/C18H22ClN3O2S/c1-2-24-18(23)21-13-6-5-9-22(10-13)11-14-12-25-17(20-14)15-7-3-4-8-16(15)19/h3-4,7-8,12-13H,2,5-6,9-11H2,1H3,(H,21,23). The van der Waals surface area contributed by atoms with Gasteiger partial charge in [0, 0.05) is 30.1 Å². The highest BCUT2D eigenvalue weighted by Gasteiger charge is 2.22. The van der Waals surface area contributed by atoms with Gasteiger partial charge in [-0.15, -0.1) is 11.3 Å². The number of ether oxygens (including phenoxy) is 1. The molecule has 1 fully saturated rings. The lowest BCUT2D eigenvalue weighted by atomic mass is 10.1. The number of benzene rings is 1. The monoisotopic (exact) mass is 379 g/mol. The summed E-state index contributed by atoms with van der Waals surface area (Å²) in [5.74, 6) is 0. The van der Waals surface area contributed by atoms with Crippen LogP contribution in [-0.2, 0) is 11.3 Å². The number of halogens is 1. The Labute approximate surface area is 157 Å². The molecule has 5 nitrogen and oxygen atoms in total. The molecular weight excluding hydrogens is 358 g/mol. The zero-order chi connectivity index (χ0) is 17.6. The summed E-state index contributed by atoms with van der Waals surface area (Å²) in [5, 5.41) is 6.69. The Kier molecular flexibility index (Phi) is 6.29. The molecule has 1 aromatic heterocycles. The number of carbonyl (C=O) groups is 1. The van der Waals surface area contributed by atoms with Crippen LogP contribution in [0, 0.1) is 0 Å². The zero-order valence-electron chi connectivity index (χ0n) is 14.2. The number of rotatable bonds is 5. The minimum Gasteiger partial charge on any atom is -0.450 e. The van der Waals surface area contributed by atoms with E-state index in [9.17, 15) is 4.79 Å². The molecule has 0 saturated carbocycles. The maximum atomic E-state index is 11.6. The minimum absolute atomic E-state index is 0.134. The zero-order valence-corrected chi connectivity index (χ0v) is 15.8. The number of nitrogens with one attached hydrogen (secondary N) is 1. The average molecular weight is 380 g/mol. The van der Waals surface area contributed by atoms with Crippen LogP contribution in [0.15, 0.2) is 29.6 Å². The van der Waals surface area contributed by atoms with Crippen molar-refractivity contribution in [2.24, 2.45) is 0 Å². The second kappa shape index (κ2) is 8.65. The number of amides is 1. The van der Waals surface area contributed by atoms with E-state index in [1.165, 1.54) is 0 Å². The van der Waals surface area contributed by atoms with E-state index in [0.717, 1.165) is 53.8 Å². The van der Waals surface area contributed by atoms with Gasteiger partial charge in [0.25, 0.3) is 0 Å². The third-order valence-corrected chi connectivity index (χ3v) is 5.40. The second-order valence-corrected chi connectivity index (χ2v) is 7.33. The van der Waals surface area contributed by atoms with E-state index in [2.05, 4.69) is 15.6 Å². The topological polar surface area (TPSA) is 54.5 Å². The van der Waals surface area contributed by atoms with Crippen molar-refractivity contribution in [3.8, 4) is 10.6 Å². The number of carbonyl (C=O) groups excluding carboxylic acids is 1. The molecule has 25 heavy (non-hydrogen) atoms. The Hall–Kier alpha value is -1.63. The van der Waals surface area contributed by atoms with Crippen LogP contribution in [0.3, 0.4) is 0 Å². The fourth-order valence-electron chi connectivity index (χ4n) is 3.02. The van der Waals surface area contributed by atoms with Crippen LogP contribution >= 0.6 is 22.9 Å². The fraction of sp³-hybridized carbons (Fsp3) is 0.444. The van der Waals surface area contributed by atoms with E-state index in [1.807, 2.05) is 31.2 Å². The Morgan fingerprint density at radius 2 is 2.32 bits per heavy atom. The van der Waals surface area contributed by atoms with Gasteiger partial charge in [0.05, 0.1) is 17.3 Å². The van der Waals surface area contributed by atoms with Crippen LogP contribution < -0.4 is 5.32 Å². The highest BCUT2D eigenvalue weighted by atomic mass is 35.5. The predicted octanol–water partition coefficient (Wildman–Crippen LogP) is 4.17. The Morgan fingerprint density at radius 3 is 3.12 bits per heavy atom. The molecular formula is C18H22ClN3O2S. The summed E-state index contributed by atoms with van der Waals surface area (Å²) in [6.07, 6.45) is 1.71. The molecule has 1 N–H and O–H groups in total. The van der Waals surface area contributed by atoms with Crippen molar-refractivity contribution in [2.45, 2.75) is 32.4 Å². The van der Waals surface area contributed by atoms with Crippen LogP contribution in [0.5, 0.6) is 0 Å². The van der Waals surface area contributed by atoms with Crippen LogP contribution in [0.4, 0.5) is 4.79 Å². The van der Waals surface area contributed by atoms with E-state index in [0.29, 0.717) is 6.61 Å². The summed E-state index contributed by atoms with van der Waals surface area (Å²) in [6, 6.07) is 7.90. The first-order valence-corrected chi connectivity index (χ1v) is 9.76. The molecule has 2 aromatic rings. The average Bonchev–Trinajstić information content (AvgIpc) is 3.04. The lowest BCUT2D eigenvalue weighted by Crippen LogP contribution is -2.47. The van der Waals surface area contributed by atoms with Crippen LogP contribution in [-0.4, -0.2) is 41.7 Å². The molecule has 1 aromatic carbocycles. The van der Waals surface area contributed by atoms with E-state index in [4.69, 9.17) is 21.3 Å².